The van der Waals surface area contributed by atoms with Gasteiger partial charge in [-0.05, 0) is 50.4 Å². The van der Waals surface area contributed by atoms with Crippen LogP contribution in [0.5, 0.6) is 0 Å². The van der Waals surface area contributed by atoms with Gasteiger partial charge in [0.25, 0.3) is 0 Å². The summed E-state index contributed by atoms with van der Waals surface area (Å²) in [6, 6.07) is 0. The molecule has 0 amide bonds. The van der Waals surface area contributed by atoms with E-state index >= 15 is 0 Å². The Bertz CT molecular complexity index is 484. The van der Waals surface area contributed by atoms with E-state index in [1.54, 1.807) is 0 Å². The maximum absolute atomic E-state index is 10.5. The maximum Gasteiger partial charge on any atom is 0.303 e. The number of rotatable bonds is 9. The topological polar surface area (TPSA) is 77.8 Å². The molecule has 148 valence electrons. The first-order chi connectivity index (χ1) is 12.5. The second-order valence-corrected chi connectivity index (χ2v) is 8.39. The molecule has 2 rings (SSSR count). The van der Waals surface area contributed by atoms with Crippen LogP contribution >= 0.6 is 11.6 Å². The predicted octanol–water partition coefficient (Wildman–Crippen LogP) is 4.29. The van der Waals surface area contributed by atoms with E-state index in [2.05, 4.69) is 6.08 Å². The van der Waals surface area contributed by atoms with Gasteiger partial charge >= 0.3 is 5.97 Å². The Balaban J connectivity index is 1.84. The predicted molar refractivity (Wildman–Crippen MR) is 104 cm³/mol. The van der Waals surface area contributed by atoms with Crippen LogP contribution in [0.2, 0.25) is 0 Å². The molecule has 2 aliphatic carbocycles. The normalized spacial score (nSPS) is 31.8. The van der Waals surface area contributed by atoms with E-state index in [4.69, 9.17) is 16.7 Å². The Kier molecular flexibility index (Phi) is 9.17. The zero-order chi connectivity index (χ0) is 18.9. The number of hydrogen-bond acceptors (Lipinski definition) is 3. The number of carboxylic acid groups (broad SMARTS) is 1. The van der Waals surface area contributed by atoms with Gasteiger partial charge in [-0.25, -0.2) is 0 Å². The van der Waals surface area contributed by atoms with Crippen molar-refractivity contribution in [2.75, 3.05) is 0 Å². The molecular weight excluding hydrogens is 352 g/mol. The van der Waals surface area contributed by atoms with Crippen LogP contribution in [0.25, 0.3) is 0 Å². The average molecular weight is 385 g/mol. The molecule has 0 aliphatic heterocycles. The van der Waals surface area contributed by atoms with Crippen LogP contribution < -0.4 is 0 Å². The Labute approximate surface area is 161 Å². The fraction of sp³-hybridized carbons (Fsp3) is 0.762. The molecule has 0 saturated heterocycles. The summed E-state index contributed by atoms with van der Waals surface area (Å²) in [4.78, 5) is 10.5. The van der Waals surface area contributed by atoms with Crippen molar-refractivity contribution in [3.8, 4) is 0 Å². The summed E-state index contributed by atoms with van der Waals surface area (Å²) in [5.74, 6) is -0.297. The smallest absolute Gasteiger partial charge is 0.303 e. The molecule has 5 unspecified atom stereocenters. The highest BCUT2D eigenvalue weighted by Crippen LogP contribution is 2.39. The van der Waals surface area contributed by atoms with Crippen LogP contribution in [0.15, 0.2) is 24.3 Å². The van der Waals surface area contributed by atoms with Gasteiger partial charge < -0.3 is 15.3 Å². The molecule has 2 saturated carbocycles. The highest BCUT2D eigenvalue weighted by molar-refractivity contribution is 6.21. The van der Waals surface area contributed by atoms with Gasteiger partial charge in [-0.3, -0.25) is 4.79 Å². The summed E-state index contributed by atoms with van der Waals surface area (Å²) in [5, 5.41) is 29.3. The highest BCUT2D eigenvalue weighted by atomic mass is 35.5. The molecule has 5 heteroatoms. The van der Waals surface area contributed by atoms with E-state index in [9.17, 15) is 15.0 Å². The molecule has 0 aromatic heterocycles. The SMILES string of the molecule is O=C(O)CCC/C=C\CC1C(Cl)CC(O)C1/C=C/C(O)C1CCCCC1. The van der Waals surface area contributed by atoms with Crippen molar-refractivity contribution in [3.05, 3.63) is 24.3 Å². The zero-order valence-electron chi connectivity index (χ0n) is 15.5. The summed E-state index contributed by atoms with van der Waals surface area (Å²) < 4.78 is 0. The van der Waals surface area contributed by atoms with E-state index in [1.807, 2.05) is 18.2 Å². The molecule has 5 atom stereocenters. The number of halogens is 1. The standard InChI is InChI=1S/C21H33ClO4/c22-18-14-20(24)17(12-13-19(23)15-8-4-3-5-9-15)16(18)10-6-1-2-7-11-21(25)26/h1,6,12-13,15-20,23-24H,2-5,7-11,14H2,(H,25,26)/b6-1-,13-12+. The first-order valence-corrected chi connectivity index (χ1v) is 10.5. The fourth-order valence-corrected chi connectivity index (χ4v) is 4.74. The number of alkyl halides is 1. The third-order valence-electron chi connectivity index (χ3n) is 5.87. The lowest BCUT2D eigenvalue weighted by Crippen LogP contribution is -2.23. The van der Waals surface area contributed by atoms with Gasteiger partial charge in [-0.2, -0.15) is 0 Å². The van der Waals surface area contributed by atoms with E-state index < -0.39 is 18.2 Å². The molecule has 26 heavy (non-hydrogen) atoms. The van der Waals surface area contributed by atoms with Crippen LogP contribution in [0.1, 0.15) is 64.2 Å². The zero-order valence-corrected chi connectivity index (χ0v) is 16.2. The van der Waals surface area contributed by atoms with E-state index in [0.29, 0.717) is 18.8 Å². The van der Waals surface area contributed by atoms with Crippen molar-refractivity contribution in [2.24, 2.45) is 17.8 Å². The lowest BCUT2D eigenvalue weighted by Gasteiger charge is -2.25. The lowest BCUT2D eigenvalue weighted by molar-refractivity contribution is -0.137. The molecule has 0 spiro atoms. The van der Waals surface area contributed by atoms with Gasteiger partial charge in [0.15, 0.2) is 0 Å². The van der Waals surface area contributed by atoms with Crippen molar-refractivity contribution in [1.29, 1.82) is 0 Å². The molecule has 0 aromatic carbocycles. The number of allylic oxidation sites excluding steroid dienone is 2. The molecule has 0 radical (unpaired) electrons. The monoisotopic (exact) mass is 384 g/mol. The summed E-state index contributed by atoms with van der Waals surface area (Å²) in [6.45, 7) is 0. The molecule has 2 fully saturated rings. The second-order valence-electron chi connectivity index (χ2n) is 7.83. The Morgan fingerprint density at radius 3 is 2.62 bits per heavy atom. The van der Waals surface area contributed by atoms with Crippen LogP contribution in [0, 0.1) is 17.8 Å². The summed E-state index contributed by atoms with van der Waals surface area (Å²) in [6.07, 6.45) is 15.8. The number of aliphatic hydroxyl groups is 2. The third kappa shape index (κ3) is 6.71. The maximum atomic E-state index is 10.5. The molecule has 2 aliphatic rings. The van der Waals surface area contributed by atoms with Crippen LogP contribution in [0.3, 0.4) is 0 Å². The summed E-state index contributed by atoms with van der Waals surface area (Å²) >= 11 is 6.45. The van der Waals surface area contributed by atoms with Crippen LogP contribution in [-0.4, -0.2) is 38.9 Å². The summed E-state index contributed by atoms with van der Waals surface area (Å²) in [7, 11) is 0. The van der Waals surface area contributed by atoms with Crippen molar-refractivity contribution in [2.45, 2.75) is 81.8 Å². The average Bonchev–Trinajstić information content (AvgIpc) is 2.89. The van der Waals surface area contributed by atoms with E-state index in [-0.39, 0.29) is 23.6 Å². The van der Waals surface area contributed by atoms with Gasteiger partial charge in [-0.15, -0.1) is 11.6 Å². The van der Waals surface area contributed by atoms with Gasteiger partial charge in [-0.1, -0.05) is 43.6 Å². The van der Waals surface area contributed by atoms with Gasteiger partial charge in [0.2, 0.25) is 0 Å². The molecule has 3 N–H and O–H groups in total. The molecule has 0 bridgehead atoms. The molecule has 4 nitrogen and oxygen atoms in total. The van der Waals surface area contributed by atoms with Gasteiger partial charge in [0.1, 0.15) is 0 Å². The quantitative estimate of drug-likeness (QED) is 0.315. The van der Waals surface area contributed by atoms with E-state index in [1.165, 1.54) is 19.3 Å². The minimum Gasteiger partial charge on any atom is -0.481 e. The number of hydrogen-bond donors (Lipinski definition) is 3. The number of unbranched alkanes of at least 4 members (excludes halogenated alkanes) is 1. The Morgan fingerprint density at radius 2 is 1.92 bits per heavy atom. The minimum atomic E-state index is -0.764. The first-order valence-electron chi connectivity index (χ1n) is 10.0. The molecule has 0 heterocycles. The van der Waals surface area contributed by atoms with Crippen molar-refractivity contribution < 1.29 is 20.1 Å². The highest BCUT2D eigenvalue weighted by Gasteiger charge is 2.39. The summed E-state index contributed by atoms with van der Waals surface area (Å²) in [5.41, 5.74) is 0. The van der Waals surface area contributed by atoms with Crippen molar-refractivity contribution in [3.63, 3.8) is 0 Å². The van der Waals surface area contributed by atoms with Crippen molar-refractivity contribution >= 4 is 17.6 Å². The number of carboxylic acids is 1. The minimum absolute atomic E-state index is 0.0283. The Morgan fingerprint density at radius 1 is 1.19 bits per heavy atom. The van der Waals surface area contributed by atoms with Gasteiger partial charge in [0, 0.05) is 17.7 Å². The Hall–Kier alpha value is -0.840. The fourth-order valence-electron chi connectivity index (χ4n) is 4.28. The number of aliphatic hydroxyl groups excluding tert-OH is 2. The largest absolute Gasteiger partial charge is 0.481 e. The van der Waals surface area contributed by atoms with Crippen molar-refractivity contribution in [1.82, 2.24) is 0 Å². The van der Waals surface area contributed by atoms with E-state index in [0.717, 1.165) is 25.7 Å². The van der Waals surface area contributed by atoms with Crippen LogP contribution in [-0.2, 0) is 4.79 Å². The number of aliphatic carboxylic acids is 1. The van der Waals surface area contributed by atoms with Crippen LogP contribution in [0.4, 0.5) is 0 Å². The first kappa shape index (κ1) is 21.5. The number of carbonyl (C=O) groups is 1. The third-order valence-corrected chi connectivity index (χ3v) is 6.37. The lowest BCUT2D eigenvalue weighted by atomic mass is 9.84. The van der Waals surface area contributed by atoms with Gasteiger partial charge in [0.05, 0.1) is 12.2 Å². The second kappa shape index (κ2) is 11.1. The molecular formula is C21H33ClO4. The molecule has 0 aromatic rings.